The van der Waals surface area contributed by atoms with E-state index >= 15 is 0 Å². The van der Waals surface area contributed by atoms with E-state index in [1.165, 1.54) is 6.26 Å². The van der Waals surface area contributed by atoms with Gasteiger partial charge in [0.05, 0.1) is 11.3 Å². The fourth-order valence-corrected chi connectivity index (χ4v) is 3.88. The maximum absolute atomic E-state index is 12.4. The fraction of sp³-hybridized carbons (Fsp3) is 0.933. The smallest absolute Gasteiger partial charge is 0.410 e. The summed E-state index contributed by atoms with van der Waals surface area (Å²) in [5.41, 5.74) is -0.677. The summed E-state index contributed by atoms with van der Waals surface area (Å²) in [6.07, 6.45) is 4.87. The van der Waals surface area contributed by atoms with Crippen LogP contribution in [0, 0.1) is 0 Å². The van der Waals surface area contributed by atoms with Crippen molar-refractivity contribution in [3.05, 3.63) is 0 Å². The molecule has 0 aromatic carbocycles. The molecule has 1 spiro atoms. The van der Waals surface area contributed by atoms with Crippen molar-refractivity contribution in [1.29, 1.82) is 0 Å². The third-order valence-corrected chi connectivity index (χ3v) is 5.47. The molecule has 1 atom stereocenters. The van der Waals surface area contributed by atoms with E-state index in [2.05, 4.69) is 5.32 Å². The lowest BCUT2D eigenvalue weighted by atomic mass is 9.72. The number of ether oxygens (including phenoxy) is 1. The molecule has 2 rings (SSSR count). The average molecular weight is 332 g/mol. The van der Waals surface area contributed by atoms with Gasteiger partial charge in [0.1, 0.15) is 15.4 Å². The van der Waals surface area contributed by atoms with Gasteiger partial charge in [0.15, 0.2) is 0 Å². The predicted octanol–water partition coefficient (Wildman–Crippen LogP) is 1.55. The first-order chi connectivity index (χ1) is 10.0. The first-order valence-corrected chi connectivity index (χ1v) is 10.0. The highest BCUT2D eigenvalue weighted by atomic mass is 32.2. The van der Waals surface area contributed by atoms with Crippen LogP contribution < -0.4 is 5.32 Å². The van der Waals surface area contributed by atoms with Gasteiger partial charge < -0.3 is 15.0 Å². The van der Waals surface area contributed by atoms with Crippen molar-refractivity contribution in [3.63, 3.8) is 0 Å². The molecule has 1 aliphatic carbocycles. The zero-order chi connectivity index (χ0) is 16.6. The summed E-state index contributed by atoms with van der Waals surface area (Å²) in [4.78, 5) is 14.3. The van der Waals surface area contributed by atoms with Gasteiger partial charge in [-0.25, -0.2) is 13.2 Å². The minimum atomic E-state index is -2.96. The van der Waals surface area contributed by atoms with E-state index in [-0.39, 0.29) is 23.4 Å². The highest BCUT2D eigenvalue weighted by Gasteiger charge is 2.55. The van der Waals surface area contributed by atoms with Crippen molar-refractivity contribution < 1.29 is 17.9 Å². The molecule has 1 saturated carbocycles. The van der Waals surface area contributed by atoms with Crippen LogP contribution in [0.25, 0.3) is 0 Å². The van der Waals surface area contributed by atoms with Crippen LogP contribution in [0.3, 0.4) is 0 Å². The van der Waals surface area contributed by atoms with Crippen LogP contribution in [-0.4, -0.2) is 61.7 Å². The number of hydrogen-bond donors (Lipinski definition) is 1. The van der Waals surface area contributed by atoms with E-state index in [4.69, 9.17) is 4.74 Å². The summed E-state index contributed by atoms with van der Waals surface area (Å²) in [5.74, 6) is 0.131. The number of amides is 1. The number of likely N-dealkylation sites (tertiary alicyclic amines) is 1. The van der Waals surface area contributed by atoms with E-state index in [9.17, 15) is 13.2 Å². The van der Waals surface area contributed by atoms with E-state index in [1.54, 1.807) is 0 Å². The highest BCUT2D eigenvalue weighted by Crippen LogP contribution is 2.46. The van der Waals surface area contributed by atoms with Crippen molar-refractivity contribution in [2.45, 2.75) is 63.6 Å². The van der Waals surface area contributed by atoms with Gasteiger partial charge in [-0.15, -0.1) is 0 Å². The van der Waals surface area contributed by atoms with Crippen LogP contribution in [0.5, 0.6) is 0 Å². The molecular weight excluding hydrogens is 304 g/mol. The van der Waals surface area contributed by atoms with Crippen molar-refractivity contribution >= 4 is 15.9 Å². The van der Waals surface area contributed by atoms with Gasteiger partial charge in [0.2, 0.25) is 0 Å². The summed E-state index contributed by atoms with van der Waals surface area (Å²) >= 11 is 0. The monoisotopic (exact) mass is 332 g/mol. The molecule has 128 valence electrons. The van der Waals surface area contributed by atoms with Gasteiger partial charge in [-0.1, -0.05) is 0 Å². The molecule has 1 heterocycles. The topological polar surface area (TPSA) is 75.7 Å². The predicted molar refractivity (Wildman–Crippen MR) is 85.6 cm³/mol. The first kappa shape index (κ1) is 17.5. The minimum absolute atomic E-state index is 0.131. The van der Waals surface area contributed by atoms with Crippen molar-refractivity contribution in [3.8, 4) is 0 Å². The second-order valence-corrected chi connectivity index (χ2v) is 9.77. The van der Waals surface area contributed by atoms with Crippen LogP contribution in [0.4, 0.5) is 4.79 Å². The van der Waals surface area contributed by atoms with Gasteiger partial charge >= 0.3 is 6.09 Å². The van der Waals surface area contributed by atoms with Crippen LogP contribution in [0.15, 0.2) is 0 Å². The van der Waals surface area contributed by atoms with Crippen molar-refractivity contribution in [2.75, 3.05) is 25.1 Å². The minimum Gasteiger partial charge on any atom is -0.444 e. The van der Waals surface area contributed by atoms with E-state index in [0.717, 1.165) is 25.7 Å². The molecule has 0 radical (unpaired) electrons. The van der Waals surface area contributed by atoms with Crippen molar-refractivity contribution in [1.82, 2.24) is 10.2 Å². The molecule has 0 aromatic rings. The lowest BCUT2D eigenvalue weighted by molar-refractivity contribution is -0.0162. The Morgan fingerprint density at radius 3 is 2.45 bits per heavy atom. The Morgan fingerprint density at radius 2 is 2.00 bits per heavy atom. The molecule has 1 unspecified atom stereocenters. The van der Waals surface area contributed by atoms with E-state index in [1.807, 2.05) is 25.7 Å². The summed E-state index contributed by atoms with van der Waals surface area (Å²) in [6, 6.07) is 0.163. The zero-order valence-electron chi connectivity index (χ0n) is 14.0. The van der Waals surface area contributed by atoms with E-state index < -0.39 is 15.4 Å². The number of nitrogens with zero attached hydrogens (tertiary/aromatic N) is 1. The average Bonchev–Trinajstić information content (AvgIpc) is 2.63. The summed E-state index contributed by atoms with van der Waals surface area (Å²) < 4.78 is 28.0. The number of hydrogen-bond acceptors (Lipinski definition) is 5. The highest BCUT2D eigenvalue weighted by molar-refractivity contribution is 7.90. The molecule has 22 heavy (non-hydrogen) atoms. The lowest BCUT2D eigenvalue weighted by Gasteiger charge is -2.49. The number of sulfone groups is 1. The van der Waals surface area contributed by atoms with E-state index in [0.29, 0.717) is 13.1 Å². The molecule has 1 amide bonds. The standard InChI is InChI=1S/C15H28N2O4S/c1-14(2,3)21-13(18)17-10-6-12(15(17)7-5-8-15)16-9-11-22(4,19)20/h12,16H,5-11H2,1-4H3. The molecule has 6 nitrogen and oxygen atoms in total. The Balaban J connectivity index is 1.99. The van der Waals surface area contributed by atoms with Gasteiger partial charge in [0.25, 0.3) is 0 Å². The normalized spacial score (nSPS) is 24.4. The molecule has 0 aromatic heterocycles. The van der Waals surface area contributed by atoms with Crippen LogP contribution in [0.1, 0.15) is 46.5 Å². The summed E-state index contributed by atoms with van der Waals surface area (Å²) in [6.45, 7) is 6.72. The quantitative estimate of drug-likeness (QED) is 0.845. The van der Waals surface area contributed by atoms with Gasteiger partial charge in [-0.05, 0) is 46.5 Å². The van der Waals surface area contributed by atoms with Crippen LogP contribution in [-0.2, 0) is 14.6 Å². The Hall–Kier alpha value is -0.820. The fourth-order valence-electron chi connectivity index (χ4n) is 3.40. The zero-order valence-corrected chi connectivity index (χ0v) is 14.8. The summed E-state index contributed by atoms with van der Waals surface area (Å²) in [5, 5.41) is 3.35. The molecule has 2 aliphatic rings. The van der Waals surface area contributed by atoms with Gasteiger partial charge in [-0.3, -0.25) is 0 Å². The largest absolute Gasteiger partial charge is 0.444 e. The Kier molecular flexibility index (Phi) is 4.78. The Morgan fingerprint density at radius 1 is 1.36 bits per heavy atom. The number of nitrogens with one attached hydrogen (secondary N) is 1. The SMILES string of the molecule is CC(C)(C)OC(=O)N1CCC(NCCS(C)(=O)=O)C12CCC2. The number of carbonyl (C=O) groups is 1. The molecule has 2 fully saturated rings. The van der Waals surface area contributed by atoms with Crippen molar-refractivity contribution in [2.24, 2.45) is 0 Å². The van der Waals surface area contributed by atoms with Gasteiger partial charge in [-0.2, -0.15) is 0 Å². The number of carbonyl (C=O) groups excluding carboxylic acids is 1. The molecule has 7 heteroatoms. The third-order valence-electron chi connectivity index (χ3n) is 4.52. The second kappa shape index (κ2) is 6.00. The van der Waals surface area contributed by atoms with Crippen LogP contribution in [0.2, 0.25) is 0 Å². The third kappa shape index (κ3) is 3.93. The molecule has 1 saturated heterocycles. The molecule has 1 N–H and O–H groups in total. The Bertz CT molecular complexity index is 520. The molecule has 1 aliphatic heterocycles. The summed E-state index contributed by atoms with van der Waals surface area (Å²) in [7, 11) is -2.96. The maximum atomic E-state index is 12.4. The van der Waals surface area contributed by atoms with Crippen LogP contribution >= 0.6 is 0 Å². The maximum Gasteiger partial charge on any atom is 0.410 e. The molecule has 0 bridgehead atoms. The molecular formula is C15H28N2O4S. The lowest BCUT2D eigenvalue weighted by Crippen LogP contribution is -2.61. The number of rotatable bonds is 4. The second-order valence-electron chi connectivity index (χ2n) is 7.51. The first-order valence-electron chi connectivity index (χ1n) is 7.95. The Labute approximate surface area is 133 Å². The van der Waals surface area contributed by atoms with Gasteiger partial charge in [0, 0.05) is 25.4 Å².